The molecule has 0 fully saturated rings. The van der Waals surface area contributed by atoms with Crippen LogP contribution >= 0.6 is 11.6 Å². The van der Waals surface area contributed by atoms with Crippen molar-refractivity contribution in [3.05, 3.63) is 82.1 Å². The first kappa shape index (κ1) is 22.1. The molecule has 12 heteroatoms. The molecule has 168 valence electrons. The van der Waals surface area contributed by atoms with Crippen LogP contribution in [0.5, 0.6) is 0 Å². The minimum absolute atomic E-state index is 0.150. The van der Waals surface area contributed by atoms with Crippen LogP contribution in [0.4, 0.5) is 20.3 Å². The number of halogens is 3. The van der Waals surface area contributed by atoms with Gasteiger partial charge in [0.2, 0.25) is 0 Å². The number of benzene rings is 2. The quantitative estimate of drug-likeness (QED) is 0.356. The van der Waals surface area contributed by atoms with Crippen LogP contribution in [-0.4, -0.2) is 36.8 Å². The van der Waals surface area contributed by atoms with Gasteiger partial charge in [0.25, 0.3) is 5.56 Å². The number of hydrogen-bond donors (Lipinski definition) is 3. The second-order valence-corrected chi connectivity index (χ2v) is 7.01. The molecule has 0 aliphatic carbocycles. The summed E-state index contributed by atoms with van der Waals surface area (Å²) >= 11 is 6.26. The number of imidazole rings is 1. The lowest BCUT2D eigenvalue weighted by Crippen LogP contribution is -2.32. The Bertz CT molecular complexity index is 1470. The lowest BCUT2D eigenvalue weighted by atomic mass is 10.2. The van der Waals surface area contributed by atoms with Crippen LogP contribution in [0.3, 0.4) is 0 Å². The van der Waals surface area contributed by atoms with Crippen molar-refractivity contribution in [1.29, 1.82) is 0 Å². The zero-order valence-electron chi connectivity index (χ0n) is 17.2. The predicted octanol–water partition coefficient (Wildman–Crippen LogP) is 3.93. The van der Waals surface area contributed by atoms with Crippen LogP contribution in [0.25, 0.3) is 22.1 Å². The third-order valence-corrected chi connectivity index (χ3v) is 4.95. The summed E-state index contributed by atoms with van der Waals surface area (Å²) in [6, 6.07) is 10.7. The smallest absolute Gasteiger partial charge is 0.281 e. The van der Waals surface area contributed by atoms with E-state index < -0.39 is 0 Å². The highest BCUT2D eigenvalue weighted by Crippen LogP contribution is 2.20. The average Bonchev–Trinajstić information content (AvgIpc) is 3.32. The lowest BCUT2D eigenvalue weighted by molar-refractivity contribution is 0.628. The Morgan fingerprint density at radius 3 is 2.67 bits per heavy atom. The molecule has 0 spiro atoms. The molecule has 0 amide bonds. The number of nitrogens with one attached hydrogen (secondary N) is 3. The topological polar surface area (TPSA) is 113 Å². The summed E-state index contributed by atoms with van der Waals surface area (Å²) in [5, 5.41) is 3.72. The van der Waals surface area contributed by atoms with Gasteiger partial charge in [-0.15, -0.1) is 0 Å². The van der Waals surface area contributed by atoms with Crippen molar-refractivity contribution in [3.8, 4) is 0 Å². The molecule has 0 bridgehead atoms. The van der Waals surface area contributed by atoms with Gasteiger partial charge in [-0.3, -0.25) is 14.6 Å². The molecule has 0 aliphatic heterocycles. The van der Waals surface area contributed by atoms with E-state index >= 15 is 0 Å². The van der Waals surface area contributed by atoms with E-state index in [1.165, 1.54) is 41.6 Å². The molecule has 0 radical (unpaired) electrons. The maximum absolute atomic E-state index is 13.3. The number of aromatic nitrogens is 6. The van der Waals surface area contributed by atoms with Gasteiger partial charge in [0.05, 0.1) is 41.7 Å². The molecule has 0 saturated heterocycles. The summed E-state index contributed by atoms with van der Waals surface area (Å²) in [5.74, 6) is 0.499. The average molecular weight is 471 g/mol. The van der Waals surface area contributed by atoms with E-state index in [0.29, 0.717) is 46.2 Å². The third kappa shape index (κ3) is 4.44. The summed E-state index contributed by atoms with van der Waals surface area (Å²) < 4.78 is 24.1. The second-order valence-electron chi connectivity index (χ2n) is 6.60. The van der Waals surface area contributed by atoms with Gasteiger partial charge in [-0.1, -0.05) is 17.7 Å². The molecule has 0 unspecified atom stereocenters. The van der Waals surface area contributed by atoms with E-state index in [0.717, 1.165) is 0 Å². The van der Waals surface area contributed by atoms with Crippen LogP contribution in [-0.2, 0) is 6.54 Å². The van der Waals surface area contributed by atoms with E-state index in [2.05, 4.69) is 35.7 Å². The van der Waals surface area contributed by atoms with Gasteiger partial charge in [-0.05, 0) is 36.4 Å². The zero-order chi connectivity index (χ0) is 23.4. The standard InChI is InChI=1S/C20H14ClFN8O.CH3F/c21-13-2-1-3-14-16(13)20(31)30(29-12-6-4-11(22)5-7-12)15(28-14)8-23-18-17-19(25-9-24-17)27-10-26-18;1-2/h1-7,9-10,29H,8H2,(H2,23,24,25,26,27);1H3. The van der Waals surface area contributed by atoms with Gasteiger partial charge >= 0.3 is 0 Å². The molecule has 3 N–H and O–H groups in total. The minimum Gasteiger partial charge on any atom is -0.361 e. The third-order valence-electron chi connectivity index (χ3n) is 4.64. The Labute approximate surface area is 190 Å². The first-order valence-corrected chi connectivity index (χ1v) is 9.96. The molecule has 3 heterocycles. The van der Waals surface area contributed by atoms with E-state index in [1.807, 2.05) is 0 Å². The van der Waals surface area contributed by atoms with Gasteiger partial charge in [0, 0.05) is 0 Å². The number of rotatable bonds is 5. The fourth-order valence-corrected chi connectivity index (χ4v) is 3.44. The number of hydrogen-bond acceptors (Lipinski definition) is 7. The van der Waals surface area contributed by atoms with Gasteiger partial charge in [-0.25, -0.2) is 29.0 Å². The molecule has 0 aliphatic rings. The first-order chi connectivity index (χ1) is 16.1. The lowest BCUT2D eigenvalue weighted by Gasteiger charge is -2.16. The van der Waals surface area contributed by atoms with Gasteiger partial charge in [0.15, 0.2) is 17.3 Å². The number of alkyl halides is 1. The van der Waals surface area contributed by atoms with Crippen LogP contribution in [0, 0.1) is 5.82 Å². The zero-order valence-corrected chi connectivity index (χ0v) is 17.9. The van der Waals surface area contributed by atoms with Crippen molar-refractivity contribution >= 4 is 45.2 Å². The molecular formula is C21H17ClF2N8O. The van der Waals surface area contributed by atoms with Crippen molar-refractivity contribution in [2.75, 3.05) is 17.9 Å². The Kier molecular flexibility index (Phi) is 6.41. The molecule has 0 saturated carbocycles. The summed E-state index contributed by atoms with van der Waals surface area (Å²) in [4.78, 5) is 33.2. The highest BCUT2D eigenvalue weighted by atomic mass is 35.5. The number of nitrogens with zero attached hydrogens (tertiary/aromatic N) is 5. The van der Waals surface area contributed by atoms with Gasteiger partial charge in [-0.2, -0.15) is 0 Å². The van der Waals surface area contributed by atoms with E-state index in [9.17, 15) is 13.6 Å². The molecule has 5 aromatic rings. The molecule has 33 heavy (non-hydrogen) atoms. The van der Waals surface area contributed by atoms with Crippen molar-refractivity contribution in [3.63, 3.8) is 0 Å². The Morgan fingerprint density at radius 1 is 1.09 bits per heavy atom. The van der Waals surface area contributed by atoms with E-state index in [1.54, 1.807) is 18.2 Å². The Balaban J connectivity index is 0.00000126. The molecule has 0 atom stereocenters. The number of aromatic amines is 1. The van der Waals surface area contributed by atoms with Gasteiger partial charge < -0.3 is 10.3 Å². The van der Waals surface area contributed by atoms with Crippen molar-refractivity contribution in [1.82, 2.24) is 29.6 Å². The number of fused-ring (bicyclic) bond motifs is 2. The summed E-state index contributed by atoms with van der Waals surface area (Å²) in [7, 11) is 0.500. The van der Waals surface area contributed by atoms with Crippen LogP contribution < -0.4 is 16.3 Å². The highest BCUT2D eigenvalue weighted by Gasteiger charge is 2.15. The predicted molar refractivity (Wildman–Crippen MR) is 122 cm³/mol. The fourth-order valence-electron chi connectivity index (χ4n) is 3.18. The molecular weight excluding hydrogens is 454 g/mol. The summed E-state index contributed by atoms with van der Waals surface area (Å²) in [6.07, 6.45) is 2.91. The fraction of sp³-hybridized carbons (Fsp3) is 0.0952. The van der Waals surface area contributed by atoms with E-state index in [-0.39, 0.29) is 23.3 Å². The maximum Gasteiger partial charge on any atom is 0.281 e. The highest BCUT2D eigenvalue weighted by molar-refractivity contribution is 6.35. The Morgan fingerprint density at radius 2 is 1.88 bits per heavy atom. The van der Waals surface area contributed by atoms with Crippen molar-refractivity contribution < 1.29 is 8.78 Å². The monoisotopic (exact) mass is 470 g/mol. The maximum atomic E-state index is 13.3. The summed E-state index contributed by atoms with van der Waals surface area (Å²) in [5.41, 5.74) is 4.71. The van der Waals surface area contributed by atoms with Crippen LogP contribution in [0.2, 0.25) is 5.02 Å². The van der Waals surface area contributed by atoms with Crippen molar-refractivity contribution in [2.24, 2.45) is 0 Å². The van der Waals surface area contributed by atoms with Crippen LogP contribution in [0.1, 0.15) is 5.82 Å². The molecule has 2 aromatic carbocycles. The number of anilines is 2. The van der Waals surface area contributed by atoms with Crippen molar-refractivity contribution in [2.45, 2.75) is 6.54 Å². The molecule has 3 aromatic heterocycles. The number of H-pyrrole nitrogens is 1. The van der Waals surface area contributed by atoms with Crippen LogP contribution in [0.15, 0.2) is 59.9 Å². The van der Waals surface area contributed by atoms with E-state index in [4.69, 9.17) is 11.6 Å². The second kappa shape index (κ2) is 9.57. The first-order valence-electron chi connectivity index (χ1n) is 9.58. The summed E-state index contributed by atoms with van der Waals surface area (Å²) in [6.45, 7) is 0.150. The van der Waals surface area contributed by atoms with Gasteiger partial charge in [0.1, 0.15) is 17.7 Å². The SMILES string of the molecule is CF.O=c1c2c(Cl)cccc2nc(CNc2ncnc3nc[nH]c23)n1Nc1ccc(F)cc1. The Hall–Kier alpha value is -4.12. The normalized spacial score (nSPS) is 10.7. The molecule has 5 rings (SSSR count). The largest absolute Gasteiger partial charge is 0.361 e. The minimum atomic E-state index is -0.383. The molecule has 9 nitrogen and oxygen atoms in total.